The van der Waals surface area contributed by atoms with Gasteiger partial charge in [-0.1, -0.05) is 44.4 Å². The third kappa shape index (κ3) is 3.24. The lowest BCUT2D eigenvalue weighted by atomic mass is 10.2. The number of fused-ring (bicyclic) bond motifs is 1. The highest BCUT2D eigenvalue weighted by atomic mass is 16.5. The van der Waals surface area contributed by atoms with Crippen LogP contribution >= 0.6 is 0 Å². The molecule has 22 heavy (non-hydrogen) atoms. The Balaban J connectivity index is 1.72. The first kappa shape index (κ1) is 14.5. The fourth-order valence-electron chi connectivity index (χ4n) is 2.33. The molecular formula is C17H20N4O. The molecule has 2 heterocycles. The van der Waals surface area contributed by atoms with Crippen molar-refractivity contribution in [1.82, 2.24) is 19.7 Å². The van der Waals surface area contributed by atoms with Gasteiger partial charge >= 0.3 is 0 Å². The Morgan fingerprint density at radius 1 is 1.05 bits per heavy atom. The van der Waals surface area contributed by atoms with Crippen LogP contribution in [0.15, 0.2) is 42.7 Å². The summed E-state index contributed by atoms with van der Waals surface area (Å²) in [5.41, 5.74) is 2.46. The number of para-hydroxylation sites is 1. The topological polar surface area (TPSA) is 52.8 Å². The zero-order valence-electron chi connectivity index (χ0n) is 12.8. The Morgan fingerprint density at radius 2 is 1.91 bits per heavy atom. The lowest BCUT2D eigenvalue weighted by Gasteiger charge is -2.05. The Hall–Kier alpha value is -2.43. The van der Waals surface area contributed by atoms with Crippen molar-refractivity contribution in [3.8, 4) is 11.6 Å². The Labute approximate surface area is 130 Å². The molecule has 0 unspecified atom stereocenters. The van der Waals surface area contributed by atoms with Crippen molar-refractivity contribution >= 4 is 11.2 Å². The first-order chi connectivity index (χ1) is 10.9. The highest BCUT2D eigenvalue weighted by Gasteiger charge is 2.08. The Bertz CT molecular complexity index is 724. The van der Waals surface area contributed by atoms with Gasteiger partial charge in [0, 0.05) is 0 Å². The van der Waals surface area contributed by atoms with Crippen LogP contribution in [0.4, 0.5) is 0 Å². The molecule has 0 bridgehead atoms. The molecule has 0 aliphatic heterocycles. The predicted octanol–water partition coefficient (Wildman–Crippen LogP) is 3.77. The second kappa shape index (κ2) is 7.02. The number of hydrogen-bond donors (Lipinski definition) is 0. The summed E-state index contributed by atoms with van der Waals surface area (Å²) in [7, 11) is 0. The Morgan fingerprint density at radius 3 is 2.73 bits per heavy atom. The zero-order chi connectivity index (χ0) is 15.2. The number of unbranched alkanes of at least 4 members (excludes halogenated alkanes) is 3. The van der Waals surface area contributed by atoms with Crippen LogP contribution in [0.3, 0.4) is 0 Å². The van der Waals surface area contributed by atoms with E-state index < -0.39 is 0 Å². The molecule has 0 atom stereocenters. The molecule has 114 valence electrons. The quantitative estimate of drug-likeness (QED) is 0.623. The van der Waals surface area contributed by atoms with Gasteiger partial charge in [-0.3, -0.25) is 0 Å². The summed E-state index contributed by atoms with van der Waals surface area (Å²) in [5.74, 6) is 0.566. The minimum atomic E-state index is 0.566. The summed E-state index contributed by atoms with van der Waals surface area (Å²) < 4.78 is 7.45. The molecule has 0 fully saturated rings. The smallest absolute Gasteiger partial charge is 0.233 e. The van der Waals surface area contributed by atoms with Crippen LogP contribution in [0.5, 0.6) is 5.88 Å². The van der Waals surface area contributed by atoms with Crippen molar-refractivity contribution in [3.05, 3.63) is 42.7 Å². The molecular weight excluding hydrogens is 276 g/mol. The van der Waals surface area contributed by atoms with E-state index in [0.29, 0.717) is 12.5 Å². The minimum Gasteiger partial charge on any atom is -0.477 e. The maximum Gasteiger partial charge on any atom is 0.233 e. The van der Waals surface area contributed by atoms with Gasteiger partial charge in [0.15, 0.2) is 5.65 Å². The minimum absolute atomic E-state index is 0.566. The molecule has 3 rings (SSSR count). The van der Waals surface area contributed by atoms with E-state index in [1.165, 1.54) is 19.3 Å². The summed E-state index contributed by atoms with van der Waals surface area (Å²) in [6.45, 7) is 2.89. The van der Waals surface area contributed by atoms with Crippen molar-refractivity contribution in [1.29, 1.82) is 0 Å². The number of ether oxygens (including phenoxy) is 1. The van der Waals surface area contributed by atoms with Crippen molar-refractivity contribution in [2.24, 2.45) is 0 Å². The molecule has 0 saturated heterocycles. The van der Waals surface area contributed by atoms with Crippen LogP contribution in [0, 0.1) is 0 Å². The van der Waals surface area contributed by atoms with Gasteiger partial charge in [0.2, 0.25) is 5.88 Å². The summed E-state index contributed by atoms with van der Waals surface area (Å²) >= 11 is 0. The summed E-state index contributed by atoms with van der Waals surface area (Å²) in [6.07, 6.45) is 8.11. The zero-order valence-corrected chi connectivity index (χ0v) is 12.8. The van der Waals surface area contributed by atoms with Gasteiger partial charge in [-0.05, 0) is 18.6 Å². The molecule has 0 aliphatic carbocycles. The van der Waals surface area contributed by atoms with Crippen molar-refractivity contribution < 1.29 is 4.74 Å². The molecule has 1 aromatic carbocycles. The van der Waals surface area contributed by atoms with E-state index >= 15 is 0 Å². The monoisotopic (exact) mass is 296 g/mol. The van der Waals surface area contributed by atoms with Gasteiger partial charge in [-0.25, -0.2) is 14.6 Å². The Kier molecular flexibility index (Phi) is 4.63. The largest absolute Gasteiger partial charge is 0.477 e. The van der Waals surface area contributed by atoms with Gasteiger partial charge in [-0.2, -0.15) is 5.10 Å². The van der Waals surface area contributed by atoms with Crippen LogP contribution in [-0.4, -0.2) is 26.4 Å². The highest BCUT2D eigenvalue weighted by molar-refractivity contribution is 5.71. The molecule has 0 radical (unpaired) electrons. The molecule has 3 aromatic rings. The van der Waals surface area contributed by atoms with Crippen LogP contribution < -0.4 is 4.74 Å². The second-order valence-electron chi connectivity index (χ2n) is 5.22. The van der Waals surface area contributed by atoms with Crippen LogP contribution in [0.1, 0.15) is 32.6 Å². The first-order valence-corrected chi connectivity index (χ1v) is 7.77. The third-order valence-corrected chi connectivity index (χ3v) is 3.50. The van der Waals surface area contributed by atoms with E-state index in [4.69, 9.17) is 4.74 Å². The highest BCUT2D eigenvalue weighted by Crippen LogP contribution is 2.17. The fourth-order valence-corrected chi connectivity index (χ4v) is 2.33. The SMILES string of the molecule is CCCCCCOc1cnc2c(cnn2-c2ccccc2)n1. The molecule has 0 saturated carbocycles. The van der Waals surface area contributed by atoms with Gasteiger partial charge in [0.25, 0.3) is 0 Å². The van der Waals surface area contributed by atoms with E-state index in [9.17, 15) is 0 Å². The van der Waals surface area contributed by atoms with E-state index in [1.807, 2.05) is 30.3 Å². The fraction of sp³-hybridized carbons (Fsp3) is 0.353. The average Bonchev–Trinajstić information content (AvgIpc) is 2.99. The maximum absolute atomic E-state index is 5.66. The van der Waals surface area contributed by atoms with Crippen LogP contribution in [-0.2, 0) is 0 Å². The maximum atomic E-state index is 5.66. The van der Waals surface area contributed by atoms with Gasteiger partial charge in [0.05, 0.1) is 24.7 Å². The van der Waals surface area contributed by atoms with Crippen molar-refractivity contribution in [2.75, 3.05) is 6.61 Å². The van der Waals surface area contributed by atoms with Gasteiger partial charge in [0.1, 0.15) is 5.52 Å². The molecule has 5 heteroatoms. The molecule has 0 N–H and O–H groups in total. The first-order valence-electron chi connectivity index (χ1n) is 7.77. The predicted molar refractivity (Wildman–Crippen MR) is 86.3 cm³/mol. The van der Waals surface area contributed by atoms with E-state index in [1.54, 1.807) is 17.1 Å². The summed E-state index contributed by atoms with van der Waals surface area (Å²) in [4.78, 5) is 8.92. The van der Waals surface area contributed by atoms with Crippen molar-refractivity contribution in [3.63, 3.8) is 0 Å². The number of nitrogens with zero attached hydrogens (tertiary/aromatic N) is 4. The molecule has 5 nitrogen and oxygen atoms in total. The lowest BCUT2D eigenvalue weighted by molar-refractivity contribution is 0.294. The molecule has 0 spiro atoms. The van der Waals surface area contributed by atoms with Gasteiger partial charge < -0.3 is 4.74 Å². The second-order valence-corrected chi connectivity index (χ2v) is 5.22. The lowest BCUT2D eigenvalue weighted by Crippen LogP contribution is -2.01. The molecule has 2 aromatic heterocycles. The van der Waals surface area contributed by atoms with E-state index in [0.717, 1.165) is 23.3 Å². The van der Waals surface area contributed by atoms with Crippen molar-refractivity contribution in [2.45, 2.75) is 32.6 Å². The van der Waals surface area contributed by atoms with Crippen LogP contribution in [0.2, 0.25) is 0 Å². The standard InChI is InChI=1S/C17H20N4O/c1-2-3-4-8-11-22-16-13-18-17-15(20-16)12-19-21(17)14-9-6-5-7-10-14/h5-7,9-10,12-13H,2-4,8,11H2,1H3. The van der Waals surface area contributed by atoms with E-state index in [2.05, 4.69) is 22.0 Å². The third-order valence-electron chi connectivity index (χ3n) is 3.50. The average molecular weight is 296 g/mol. The van der Waals surface area contributed by atoms with Crippen LogP contribution in [0.25, 0.3) is 16.9 Å². The molecule has 0 amide bonds. The van der Waals surface area contributed by atoms with Gasteiger partial charge in [-0.15, -0.1) is 0 Å². The number of hydrogen-bond acceptors (Lipinski definition) is 4. The number of aromatic nitrogens is 4. The summed E-state index contributed by atoms with van der Waals surface area (Å²) in [6, 6.07) is 9.91. The normalized spacial score (nSPS) is 11.0. The number of rotatable bonds is 7. The number of benzene rings is 1. The molecule has 0 aliphatic rings. The summed E-state index contributed by atoms with van der Waals surface area (Å²) in [5, 5.41) is 4.36. The van der Waals surface area contributed by atoms with E-state index in [-0.39, 0.29) is 0 Å².